The van der Waals surface area contributed by atoms with Gasteiger partial charge < -0.3 is 9.47 Å². The Hall–Kier alpha value is -0.410. The lowest BCUT2D eigenvalue weighted by atomic mass is 10.0. The number of ketones is 1. The van der Waals surface area contributed by atoms with Crippen LogP contribution in [0.3, 0.4) is 0 Å². The van der Waals surface area contributed by atoms with Crippen LogP contribution in [0.1, 0.15) is 33.6 Å². The van der Waals surface area contributed by atoms with Gasteiger partial charge in [0.05, 0.1) is 18.8 Å². The van der Waals surface area contributed by atoms with Crippen LogP contribution >= 0.6 is 0 Å². The number of hydrogen-bond acceptors (Lipinski definition) is 3. The van der Waals surface area contributed by atoms with E-state index >= 15 is 0 Å². The molecule has 13 heavy (non-hydrogen) atoms. The molecule has 0 unspecified atom stereocenters. The molecule has 0 radical (unpaired) electrons. The fourth-order valence-corrected chi connectivity index (χ4v) is 1.54. The van der Waals surface area contributed by atoms with Crippen molar-refractivity contribution in [3.63, 3.8) is 0 Å². The second-order valence-corrected chi connectivity index (χ2v) is 3.82. The maximum atomic E-state index is 11.0. The molecule has 0 aromatic heterocycles. The van der Waals surface area contributed by atoms with Crippen molar-refractivity contribution >= 4 is 5.78 Å². The molecule has 0 saturated carbocycles. The molecule has 0 amide bonds. The first-order chi connectivity index (χ1) is 6.09. The first-order valence-electron chi connectivity index (χ1n) is 4.87. The summed E-state index contributed by atoms with van der Waals surface area (Å²) in [7, 11) is 0. The van der Waals surface area contributed by atoms with Gasteiger partial charge in [0.15, 0.2) is 5.78 Å². The molecule has 3 nitrogen and oxygen atoms in total. The fraction of sp³-hybridized carbons (Fsp3) is 0.900. The van der Waals surface area contributed by atoms with Crippen molar-refractivity contribution < 1.29 is 14.3 Å². The highest BCUT2D eigenvalue weighted by Crippen LogP contribution is 2.17. The monoisotopic (exact) mass is 186 g/mol. The van der Waals surface area contributed by atoms with E-state index in [1.165, 1.54) is 0 Å². The highest BCUT2D eigenvalue weighted by molar-refractivity contribution is 5.80. The Bertz CT molecular complexity index is 169. The third-order valence-electron chi connectivity index (χ3n) is 2.15. The van der Waals surface area contributed by atoms with Crippen LogP contribution in [0.4, 0.5) is 0 Å². The van der Waals surface area contributed by atoms with Crippen molar-refractivity contribution in [2.45, 2.75) is 51.9 Å². The van der Waals surface area contributed by atoms with Gasteiger partial charge in [-0.2, -0.15) is 0 Å². The molecule has 0 spiro atoms. The number of carbonyl (C=O) groups excluding carboxylic acids is 1. The molecule has 1 aliphatic heterocycles. The van der Waals surface area contributed by atoms with Gasteiger partial charge in [0, 0.05) is 0 Å². The average molecular weight is 186 g/mol. The highest BCUT2D eigenvalue weighted by Gasteiger charge is 2.25. The molecule has 0 aliphatic carbocycles. The van der Waals surface area contributed by atoms with Gasteiger partial charge in [0.1, 0.15) is 6.10 Å². The summed E-state index contributed by atoms with van der Waals surface area (Å²) in [6, 6.07) is 0. The van der Waals surface area contributed by atoms with Crippen molar-refractivity contribution in [3.05, 3.63) is 0 Å². The van der Waals surface area contributed by atoms with Gasteiger partial charge in [-0.1, -0.05) is 0 Å². The predicted molar refractivity (Wildman–Crippen MR) is 49.7 cm³/mol. The second-order valence-electron chi connectivity index (χ2n) is 3.82. The second kappa shape index (κ2) is 4.72. The van der Waals surface area contributed by atoms with Gasteiger partial charge in [0.25, 0.3) is 0 Å². The SMILES string of the molecule is CC(=O)[C@H]1CC[C@H](OC(C)C)CO1. The molecule has 0 N–H and O–H groups in total. The molecule has 76 valence electrons. The molecule has 1 fully saturated rings. The molecular formula is C10H18O3. The van der Waals surface area contributed by atoms with Crippen molar-refractivity contribution in [3.8, 4) is 0 Å². The zero-order chi connectivity index (χ0) is 9.84. The summed E-state index contributed by atoms with van der Waals surface area (Å²) in [5.41, 5.74) is 0. The van der Waals surface area contributed by atoms with E-state index in [1.807, 2.05) is 13.8 Å². The summed E-state index contributed by atoms with van der Waals surface area (Å²) >= 11 is 0. The van der Waals surface area contributed by atoms with Crippen LogP contribution in [0.5, 0.6) is 0 Å². The normalized spacial score (nSPS) is 29.2. The summed E-state index contributed by atoms with van der Waals surface area (Å²) < 4.78 is 11.0. The topological polar surface area (TPSA) is 35.5 Å². The minimum atomic E-state index is -0.188. The van der Waals surface area contributed by atoms with E-state index in [4.69, 9.17) is 9.47 Å². The number of Topliss-reactive ketones (excluding diaryl/α,β-unsaturated/α-hetero) is 1. The zero-order valence-corrected chi connectivity index (χ0v) is 8.58. The largest absolute Gasteiger partial charge is 0.373 e. The minimum absolute atomic E-state index is 0.128. The Morgan fingerprint density at radius 1 is 1.46 bits per heavy atom. The first kappa shape index (κ1) is 10.7. The fourth-order valence-electron chi connectivity index (χ4n) is 1.54. The molecule has 1 heterocycles. The molecule has 1 rings (SSSR count). The minimum Gasteiger partial charge on any atom is -0.373 e. The molecule has 0 aromatic rings. The summed E-state index contributed by atoms with van der Waals surface area (Å²) in [6.45, 7) is 6.16. The van der Waals surface area contributed by atoms with Crippen molar-refractivity contribution in [2.24, 2.45) is 0 Å². The highest BCUT2D eigenvalue weighted by atomic mass is 16.5. The van der Waals surface area contributed by atoms with E-state index in [1.54, 1.807) is 6.92 Å². The van der Waals surface area contributed by atoms with Crippen LogP contribution in [0.15, 0.2) is 0 Å². The lowest BCUT2D eigenvalue weighted by Crippen LogP contribution is -2.36. The standard InChI is InChI=1S/C10H18O3/c1-7(2)13-9-4-5-10(8(3)11)12-6-9/h7,9-10H,4-6H2,1-3H3/t9-,10+/m0/s1. The van der Waals surface area contributed by atoms with Gasteiger partial charge in [-0.3, -0.25) is 4.79 Å². The first-order valence-corrected chi connectivity index (χ1v) is 4.87. The Balaban J connectivity index is 2.26. The number of ether oxygens (including phenoxy) is 2. The van der Waals surface area contributed by atoms with Crippen LogP contribution in [-0.2, 0) is 14.3 Å². The van der Waals surface area contributed by atoms with Gasteiger partial charge in [-0.25, -0.2) is 0 Å². The smallest absolute Gasteiger partial charge is 0.158 e. The molecule has 0 bridgehead atoms. The van der Waals surface area contributed by atoms with Gasteiger partial charge in [-0.15, -0.1) is 0 Å². The van der Waals surface area contributed by atoms with Crippen LogP contribution in [0.2, 0.25) is 0 Å². The van der Waals surface area contributed by atoms with E-state index < -0.39 is 0 Å². The zero-order valence-electron chi connectivity index (χ0n) is 8.58. The molecule has 1 aliphatic rings. The number of hydrogen-bond donors (Lipinski definition) is 0. The van der Waals surface area contributed by atoms with Crippen LogP contribution in [0, 0.1) is 0 Å². The van der Waals surface area contributed by atoms with E-state index in [9.17, 15) is 4.79 Å². The van der Waals surface area contributed by atoms with Gasteiger partial charge in [0.2, 0.25) is 0 Å². The summed E-state index contributed by atoms with van der Waals surface area (Å²) in [4.78, 5) is 11.0. The Morgan fingerprint density at radius 2 is 2.15 bits per heavy atom. The molecule has 0 aromatic carbocycles. The van der Waals surface area contributed by atoms with Gasteiger partial charge >= 0.3 is 0 Å². The van der Waals surface area contributed by atoms with Crippen LogP contribution in [-0.4, -0.2) is 30.7 Å². The Kier molecular flexibility index (Phi) is 3.88. The molecule has 1 saturated heterocycles. The predicted octanol–water partition coefficient (Wildman–Crippen LogP) is 1.55. The van der Waals surface area contributed by atoms with Crippen LogP contribution < -0.4 is 0 Å². The van der Waals surface area contributed by atoms with Crippen molar-refractivity contribution in [1.82, 2.24) is 0 Å². The lowest BCUT2D eigenvalue weighted by molar-refractivity contribution is -0.141. The third kappa shape index (κ3) is 3.44. The molecule has 3 heteroatoms. The third-order valence-corrected chi connectivity index (χ3v) is 2.15. The maximum Gasteiger partial charge on any atom is 0.158 e. The van der Waals surface area contributed by atoms with Crippen LogP contribution in [0.25, 0.3) is 0 Å². The summed E-state index contributed by atoms with van der Waals surface area (Å²) in [6.07, 6.45) is 1.96. The van der Waals surface area contributed by atoms with Gasteiger partial charge in [-0.05, 0) is 33.6 Å². The van der Waals surface area contributed by atoms with E-state index in [0.717, 1.165) is 12.8 Å². The van der Waals surface area contributed by atoms with E-state index in [2.05, 4.69) is 0 Å². The van der Waals surface area contributed by atoms with E-state index in [0.29, 0.717) is 6.61 Å². The summed E-state index contributed by atoms with van der Waals surface area (Å²) in [5.74, 6) is 0.128. The Labute approximate surface area is 79.4 Å². The van der Waals surface area contributed by atoms with Crippen molar-refractivity contribution in [1.29, 1.82) is 0 Å². The average Bonchev–Trinajstić information content (AvgIpc) is 2.04. The number of carbonyl (C=O) groups is 1. The Morgan fingerprint density at radius 3 is 2.54 bits per heavy atom. The van der Waals surface area contributed by atoms with Crippen molar-refractivity contribution in [2.75, 3.05) is 6.61 Å². The number of rotatable bonds is 3. The van der Waals surface area contributed by atoms with E-state index in [-0.39, 0.29) is 24.1 Å². The molecule has 2 atom stereocenters. The quantitative estimate of drug-likeness (QED) is 0.670. The molecular weight excluding hydrogens is 168 g/mol. The summed E-state index contributed by atoms with van der Waals surface area (Å²) in [5, 5.41) is 0. The lowest BCUT2D eigenvalue weighted by Gasteiger charge is -2.28. The maximum absolute atomic E-state index is 11.0.